The lowest BCUT2D eigenvalue weighted by Gasteiger charge is -2.12. The van der Waals surface area contributed by atoms with Crippen LogP contribution in [0.25, 0.3) is 26.7 Å². The first-order valence-corrected chi connectivity index (χ1v) is 11.1. The molecule has 0 saturated heterocycles. The molecule has 1 N–H and O–H groups in total. The van der Waals surface area contributed by atoms with E-state index in [9.17, 15) is 8.42 Å². The number of fused-ring (bicyclic) bond motifs is 2. The molecule has 0 atom stereocenters. The zero-order valence-corrected chi connectivity index (χ0v) is 16.1. The summed E-state index contributed by atoms with van der Waals surface area (Å²) < 4.78 is 29.3. The first kappa shape index (κ1) is 16.7. The van der Waals surface area contributed by atoms with E-state index in [1.165, 1.54) is 3.97 Å². The number of nitrogens with zero attached hydrogens (tertiary/aromatic N) is 2. The van der Waals surface area contributed by atoms with E-state index in [-0.39, 0.29) is 0 Å². The monoisotopic (exact) mass is 395 g/mol. The van der Waals surface area contributed by atoms with Crippen LogP contribution in [-0.2, 0) is 10.0 Å². The van der Waals surface area contributed by atoms with Crippen LogP contribution in [0.1, 0.15) is 12.0 Å². The summed E-state index contributed by atoms with van der Waals surface area (Å²) in [7, 11) is -3.71. The van der Waals surface area contributed by atoms with Gasteiger partial charge in [-0.05, 0) is 65.7 Å². The van der Waals surface area contributed by atoms with Gasteiger partial charge in [-0.3, -0.25) is 4.98 Å². The zero-order chi connectivity index (χ0) is 18.4. The number of hydrogen-bond acceptors (Lipinski definition) is 5. The Morgan fingerprint density at radius 1 is 1.19 bits per heavy atom. The van der Waals surface area contributed by atoms with E-state index in [1.54, 1.807) is 41.9 Å². The lowest BCUT2D eigenvalue weighted by molar-refractivity contribution is 0.589. The molecule has 5 rings (SSSR count). The van der Waals surface area contributed by atoms with Crippen LogP contribution in [-0.4, -0.2) is 30.5 Å². The number of pyridine rings is 1. The average Bonchev–Trinajstić information content (AvgIpc) is 3.33. The van der Waals surface area contributed by atoms with Crippen LogP contribution in [0.2, 0.25) is 0 Å². The molecule has 0 bridgehead atoms. The molecule has 4 aromatic rings. The van der Waals surface area contributed by atoms with Gasteiger partial charge in [0.1, 0.15) is 0 Å². The van der Waals surface area contributed by atoms with Crippen molar-refractivity contribution in [2.24, 2.45) is 0 Å². The van der Waals surface area contributed by atoms with E-state index in [0.717, 1.165) is 46.2 Å². The van der Waals surface area contributed by atoms with E-state index in [2.05, 4.69) is 16.4 Å². The van der Waals surface area contributed by atoms with Crippen LogP contribution >= 0.6 is 11.3 Å². The Labute approximate surface area is 161 Å². The molecule has 0 unspecified atom stereocenters. The van der Waals surface area contributed by atoms with Gasteiger partial charge in [-0.15, -0.1) is 11.3 Å². The molecule has 1 aromatic carbocycles. The van der Waals surface area contributed by atoms with Crippen LogP contribution in [0.3, 0.4) is 0 Å². The van der Waals surface area contributed by atoms with Crippen molar-refractivity contribution in [1.82, 2.24) is 14.3 Å². The van der Waals surface area contributed by atoms with Gasteiger partial charge in [0.25, 0.3) is 10.0 Å². The van der Waals surface area contributed by atoms with Crippen LogP contribution in [0.5, 0.6) is 0 Å². The van der Waals surface area contributed by atoms with Gasteiger partial charge in [0.15, 0.2) is 0 Å². The molecular weight excluding hydrogens is 378 g/mol. The minimum Gasteiger partial charge on any atom is -0.313 e. The molecule has 7 heteroatoms. The van der Waals surface area contributed by atoms with Gasteiger partial charge < -0.3 is 5.32 Å². The highest BCUT2D eigenvalue weighted by atomic mass is 32.2. The van der Waals surface area contributed by atoms with Gasteiger partial charge in [0, 0.05) is 29.2 Å². The second-order valence-corrected chi connectivity index (χ2v) is 9.28. The number of hydrogen-bond donors (Lipinski definition) is 1. The quantitative estimate of drug-likeness (QED) is 0.572. The molecule has 1 aliphatic heterocycles. The fraction of sp³-hybridized carbons (Fsp3) is 0.150. The molecule has 27 heavy (non-hydrogen) atoms. The topological polar surface area (TPSA) is 64.0 Å². The van der Waals surface area contributed by atoms with E-state index in [1.807, 2.05) is 23.6 Å². The summed E-state index contributed by atoms with van der Waals surface area (Å²) in [6.07, 6.45) is 6.40. The van der Waals surface area contributed by atoms with Crippen molar-refractivity contribution in [3.8, 4) is 0 Å². The van der Waals surface area contributed by atoms with E-state index in [4.69, 9.17) is 0 Å². The summed E-state index contributed by atoms with van der Waals surface area (Å²) in [4.78, 5) is 4.77. The third-order valence-corrected chi connectivity index (χ3v) is 7.48. The SMILES string of the molecule is O=S(=O)(c1ccc2sccc2c1)n1cc(C2=CCNCC2)c2ncccc21. The largest absolute Gasteiger partial charge is 0.313 e. The summed E-state index contributed by atoms with van der Waals surface area (Å²) in [6, 6.07) is 10.8. The summed E-state index contributed by atoms with van der Waals surface area (Å²) >= 11 is 1.60. The first-order valence-electron chi connectivity index (χ1n) is 8.74. The van der Waals surface area contributed by atoms with Crippen molar-refractivity contribution in [2.45, 2.75) is 11.3 Å². The van der Waals surface area contributed by atoms with Gasteiger partial charge in [0.05, 0.1) is 15.9 Å². The van der Waals surface area contributed by atoms with Crippen LogP contribution < -0.4 is 5.32 Å². The van der Waals surface area contributed by atoms with Crippen molar-refractivity contribution < 1.29 is 8.42 Å². The normalized spacial score (nSPS) is 15.3. The Balaban J connectivity index is 1.73. The zero-order valence-electron chi connectivity index (χ0n) is 14.4. The highest BCUT2D eigenvalue weighted by molar-refractivity contribution is 7.90. The number of aromatic nitrogens is 2. The van der Waals surface area contributed by atoms with Crippen molar-refractivity contribution in [3.63, 3.8) is 0 Å². The summed E-state index contributed by atoms with van der Waals surface area (Å²) in [5.41, 5.74) is 3.37. The third kappa shape index (κ3) is 2.70. The lowest BCUT2D eigenvalue weighted by Crippen LogP contribution is -2.20. The predicted octanol–water partition coefficient (Wildman–Crippen LogP) is 3.86. The summed E-state index contributed by atoms with van der Waals surface area (Å²) in [6.45, 7) is 1.67. The molecule has 0 saturated carbocycles. The third-order valence-electron chi connectivity index (χ3n) is 4.92. The van der Waals surface area contributed by atoms with E-state index in [0.29, 0.717) is 10.4 Å². The summed E-state index contributed by atoms with van der Waals surface area (Å²) in [5.74, 6) is 0. The first-order chi connectivity index (χ1) is 13.1. The summed E-state index contributed by atoms with van der Waals surface area (Å²) in [5, 5.41) is 6.20. The second kappa shape index (κ2) is 6.30. The Morgan fingerprint density at radius 3 is 2.96 bits per heavy atom. The van der Waals surface area contributed by atoms with Gasteiger partial charge in [-0.25, -0.2) is 12.4 Å². The van der Waals surface area contributed by atoms with Crippen LogP contribution in [0.15, 0.2) is 65.1 Å². The second-order valence-electron chi connectivity index (χ2n) is 6.52. The van der Waals surface area contributed by atoms with Gasteiger partial charge in [-0.2, -0.15) is 0 Å². The van der Waals surface area contributed by atoms with Crippen molar-refractivity contribution in [3.05, 3.63) is 65.8 Å². The van der Waals surface area contributed by atoms with Crippen molar-refractivity contribution >= 4 is 48.1 Å². The maximum absolute atomic E-state index is 13.4. The fourth-order valence-corrected chi connectivity index (χ4v) is 5.71. The molecular formula is C20H17N3O2S2. The van der Waals surface area contributed by atoms with Crippen molar-refractivity contribution in [2.75, 3.05) is 13.1 Å². The number of thiophene rings is 1. The molecule has 0 spiro atoms. The number of benzene rings is 1. The molecule has 0 amide bonds. The van der Waals surface area contributed by atoms with Crippen molar-refractivity contribution in [1.29, 1.82) is 0 Å². The van der Waals surface area contributed by atoms with Gasteiger partial charge >= 0.3 is 0 Å². The van der Waals surface area contributed by atoms with Gasteiger partial charge in [-0.1, -0.05) is 6.08 Å². The number of rotatable bonds is 3. The molecule has 136 valence electrons. The van der Waals surface area contributed by atoms with Gasteiger partial charge in [0.2, 0.25) is 0 Å². The fourth-order valence-electron chi connectivity index (χ4n) is 3.55. The maximum Gasteiger partial charge on any atom is 0.268 e. The minimum absolute atomic E-state index is 0.292. The maximum atomic E-state index is 13.4. The van der Waals surface area contributed by atoms with Crippen LogP contribution in [0.4, 0.5) is 0 Å². The molecule has 4 heterocycles. The van der Waals surface area contributed by atoms with E-state index < -0.39 is 10.0 Å². The molecule has 0 fully saturated rings. The predicted molar refractivity (Wildman–Crippen MR) is 110 cm³/mol. The Kier molecular flexibility index (Phi) is 3.89. The number of nitrogens with one attached hydrogen (secondary N) is 1. The van der Waals surface area contributed by atoms with Crippen LogP contribution in [0, 0.1) is 0 Å². The standard InChI is InChI=1S/C20H17N3O2S2/c24-27(25,16-3-4-19-15(12-16)7-11-26-19)23-13-17(14-5-9-21-10-6-14)20-18(23)2-1-8-22-20/h1-5,7-8,11-13,21H,6,9-10H2. The molecule has 0 aliphatic carbocycles. The average molecular weight is 396 g/mol. The Morgan fingerprint density at radius 2 is 2.11 bits per heavy atom. The lowest BCUT2D eigenvalue weighted by atomic mass is 10.0. The molecule has 1 aliphatic rings. The smallest absolute Gasteiger partial charge is 0.268 e. The minimum atomic E-state index is -3.71. The highest BCUT2D eigenvalue weighted by Crippen LogP contribution is 2.32. The highest BCUT2D eigenvalue weighted by Gasteiger charge is 2.23. The molecule has 3 aromatic heterocycles. The Hall–Kier alpha value is -2.48. The Bertz CT molecular complexity index is 1300. The molecule has 0 radical (unpaired) electrons. The molecule has 5 nitrogen and oxygen atoms in total. The van der Waals surface area contributed by atoms with E-state index >= 15 is 0 Å².